The Hall–Kier alpha value is -2.58. The van der Waals surface area contributed by atoms with Crippen LogP contribution >= 0.6 is 11.3 Å². The molecule has 0 amide bonds. The summed E-state index contributed by atoms with van der Waals surface area (Å²) in [6, 6.07) is 4.23. The first kappa shape index (κ1) is 21.1. The van der Waals surface area contributed by atoms with Gasteiger partial charge in [0, 0.05) is 23.5 Å². The summed E-state index contributed by atoms with van der Waals surface area (Å²) >= 11 is 1.31. The molecule has 0 fully saturated rings. The van der Waals surface area contributed by atoms with Crippen molar-refractivity contribution in [2.24, 2.45) is 0 Å². The summed E-state index contributed by atoms with van der Waals surface area (Å²) in [6.07, 6.45) is 3.63. The molecule has 0 bridgehead atoms. The smallest absolute Gasteiger partial charge is 0.308 e. The summed E-state index contributed by atoms with van der Waals surface area (Å²) in [4.78, 5) is 31.3. The molecule has 3 aromatic rings. The number of aromatic nitrogens is 2. The number of hydrogen-bond acceptors (Lipinski definition) is 6. The van der Waals surface area contributed by atoms with Crippen LogP contribution in [0.3, 0.4) is 0 Å². The summed E-state index contributed by atoms with van der Waals surface area (Å²) in [5, 5.41) is 2.90. The fourth-order valence-electron chi connectivity index (χ4n) is 2.98. The van der Waals surface area contributed by atoms with E-state index in [1.165, 1.54) is 23.5 Å². The van der Waals surface area contributed by atoms with Crippen LogP contribution in [0.5, 0.6) is 0 Å². The molecule has 0 atom stereocenters. The van der Waals surface area contributed by atoms with Crippen molar-refractivity contribution in [3.8, 4) is 0 Å². The van der Waals surface area contributed by atoms with Crippen LogP contribution in [-0.2, 0) is 22.7 Å². The molecule has 2 heterocycles. The van der Waals surface area contributed by atoms with Gasteiger partial charge in [-0.2, -0.15) is 0 Å². The fraction of sp³-hybridized carbons (Fsp3) is 0.381. The van der Waals surface area contributed by atoms with Gasteiger partial charge < -0.3 is 14.2 Å². The highest BCUT2D eigenvalue weighted by Gasteiger charge is 2.20. The zero-order chi connectivity index (χ0) is 21.0. The predicted octanol–water partition coefficient (Wildman–Crippen LogP) is 3.87. The lowest BCUT2D eigenvalue weighted by Gasteiger charge is -2.10. The minimum Gasteiger partial charge on any atom is -0.444 e. The molecule has 0 aliphatic heterocycles. The lowest BCUT2D eigenvalue weighted by Crippen LogP contribution is -2.18. The van der Waals surface area contributed by atoms with Crippen molar-refractivity contribution >= 4 is 34.0 Å². The average molecular weight is 418 g/mol. The van der Waals surface area contributed by atoms with E-state index in [2.05, 4.69) is 11.9 Å². The maximum atomic E-state index is 13.8. The number of nitrogens with zero attached hydrogens (tertiary/aromatic N) is 3. The zero-order valence-electron chi connectivity index (χ0n) is 16.8. The molecule has 0 spiro atoms. The Morgan fingerprint density at radius 3 is 2.83 bits per heavy atom. The maximum Gasteiger partial charge on any atom is 0.308 e. The van der Waals surface area contributed by atoms with Crippen LogP contribution in [0.15, 0.2) is 29.8 Å². The fourth-order valence-corrected chi connectivity index (χ4v) is 3.78. The molecule has 0 aliphatic carbocycles. The number of hydrogen-bond donors (Lipinski definition) is 0. The van der Waals surface area contributed by atoms with E-state index in [1.54, 1.807) is 16.8 Å². The van der Waals surface area contributed by atoms with E-state index in [1.807, 2.05) is 24.4 Å². The first-order valence-electron chi connectivity index (χ1n) is 9.47. The van der Waals surface area contributed by atoms with E-state index in [0.717, 1.165) is 18.5 Å². The number of thiazole rings is 1. The highest BCUT2D eigenvalue weighted by molar-refractivity contribution is 7.12. The first-order chi connectivity index (χ1) is 13.9. The van der Waals surface area contributed by atoms with Crippen molar-refractivity contribution in [2.75, 3.05) is 20.6 Å². The molecule has 1 aromatic carbocycles. The average Bonchev–Trinajstić information content (AvgIpc) is 3.29. The Kier molecular flexibility index (Phi) is 6.76. The zero-order valence-corrected chi connectivity index (χ0v) is 17.6. The highest BCUT2D eigenvalue weighted by atomic mass is 32.1. The Labute approximate surface area is 172 Å². The summed E-state index contributed by atoms with van der Waals surface area (Å²) in [7, 11) is 3.75. The number of esters is 1. The molecule has 29 heavy (non-hydrogen) atoms. The lowest BCUT2D eigenvalue weighted by molar-refractivity contribution is -0.147. The summed E-state index contributed by atoms with van der Waals surface area (Å²) in [5.41, 5.74) is 1.81. The van der Waals surface area contributed by atoms with Crippen molar-refractivity contribution in [1.82, 2.24) is 14.5 Å². The number of rotatable bonds is 9. The molecule has 154 valence electrons. The van der Waals surface area contributed by atoms with E-state index in [9.17, 15) is 14.0 Å². The lowest BCUT2D eigenvalue weighted by atomic mass is 10.1. The number of aryl methyl sites for hydroxylation is 1. The van der Waals surface area contributed by atoms with Crippen molar-refractivity contribution in [2.45, 2.75) is 32.9 Å². The third-order valence-corrected chi connectivity index (χ3v) is 5.36. The van der Waals surface area contributed by atoms with E-state index >= 15 is 0 Å². The number of benzene rings is 1. The standard InChI is InChI=1S/C21H24FN3O3S/c1-4-5-15-12-29-21(23-15)20(27)17-11-25(13-28-19(26)8-9-24(2)3)18-10-14(22)6-7-16(17)18/h6-7,10-12H,4-5,8-9,13H2,1-3H3. The minimum atomic E-state index is -0.422. The van der Waals surface area contributed by atoms with Gasteiger partial charge in [0.15, 0.2) is 11.7 Å². The molecule has 0 radical (unpaired) electrons. The quantitative estimate of drug-likeness (QED) is 0.391. The third-order valence-electron chi connectivity index (χ3n) is 4.47. The van der Waals surface area contributed by atoms with Gasteiger partial charge in [0.25, 0.3) is 0 Å². The van der Waals surface area contributed by atoms with Crippen LogP contribution in [0.25, 0.3) is 10.9 Å². The number of halogens is 1. The van der Waals surface area contributed by atoms with Crippen LogP contribution in [0.2, 0.25) is 0 Å². The molecular weight excluding hydrogens is 393 g/mol. The molecule has 3 rings (SSSR count). The van der Waals surface area contributed by atoms with Gasteiger partial charge in [-0.15, -0.1) is 11.3 Å². The Morgan fingerprint density at radius 1 is 1.31 bits per heavy atom. The molecule has 0 N–H and O–H groups in total. The topological polar surface area (TPSA) is 64.4 Å². The van der Waals surface area contributed by atoms with Gasteiger partial charge in [-0.1, -0.05) is 13.3 Å². The normalized spacial score (nSPS) is 11.3. The highest BCUT2D eigenvalue weighted by Crippen LogP contribution is 2.26. The van der Waals surface area contributed by atoms with Gasteiger partial charge in [0.05, 0.1) is 23.2 Å². The molecule has 0 saturated heterocycles. The second kappa shape index (κ2) is 9.28. The monoisotopic (exact) mass is 417 g/mol. The van der Waals surface area contributed by atoms with Crippen LogP contribution in [-0.4, -0.2) is 46.8 Å². The van der Waals surface area contributed by atoms with Gasteiger partial charge in [-0.05, 0) is 38.7 Å². The van der Waals surface area contributed by atoms with E-state index in [-0.39, 0.29) is 24.9 Å². The van der Waals surface area contributed by atoms with Crippen LogP contribution in [0.4, 0.5) is 4.39 Å². The van der Waals surface area contributed by atoms with Gasteiger partial charge >= 0.3 is 5.97 Å². The summed E-state index contributed by atoms with van der Waals surface area (Å²) in [5.74, 6) is -0.991. The molecule has 0 aliphatic rings. The van der Waals surface area contributed by atoms with Crippen LogP contribution in [0.1, 0.15) is 40.8 Å². The molecule has 6 nitrogen and oxygen atoms in total. The number of ether oxygens (including phenoxy) is 1. The van der Waals surface area contributed by atoms with E-state index < -0.39 is 5.82 Å². The first-order valence-corrected chi connectivity index (χ1v) is 10.3. The summed E-state index contributed by atoms with van der Waals surface area (Å²) < 4.78 is 20.7. The minimum absolute atomic E-state index is 0.0849. The van der Waals surface area contributed by atoms with Crippen LogP contribution < -0.4 is 0 Å². The Bertz CT molecular complexity index is 1030. The van der Waals surface area contributed by atoms with Crippen molar-refractivity contribution in [1.29, 1.82) is 0 Å². The van der Waals surface area contributed by atoms with Crippen molar-refractivity contribution in [3.05, 3.63) is 51.9 Å². The summed E-state index contributed by atoms with van der Waals surface area (Å²) in [6.45, 7) is 2.55. The Balaban J connectivity index is 1.86. The van der Waals surface area contributed by atoms with Crippen molar-refractivity contribution < 1.29 is 18.7 Å². The molecule has 0 unspecified atom stereocenters. The van der Waals surface area contributed by atoms with Gasteiger partial charge in [0.1, 0.15) is 5.82 Å². The number of ketones is 1. The van der Waals surface area contributed by atoms with E-state index in [4.69, 9.17) is 4.74 Å². The maximum absolute atomic E-state index is 13.8. The van der Waals surface area contributed by atoms with Crippen molar-refractivity contribution in [3.63, 3.8) is 0 Å². The van der Waals surface area contributed by atoms with Gasteiger partial charge in [-0.3, -0.25) is 9.59 Å². The predicted molar refractivity (Wildman–Crippen MR) is 111 cm³/mol. The third kappa shape index (κ3) is 5.07. The number of carbonyl (C=O) groups is 2. The molecular formula is C21H24FN3O3S. The van der Waals surface area contributed by atoms with Crippen LogP contribution in [0, 0.1) is 5.82 Å². The second-order valence-electron chi connectivity index (χ2n) is 7.10. The number of carbonyl (C=O) groups excluding carboxylic acids is 2. The Morgan fingerprint density at radius 2 is 2.10 bits per heavy atom. The molecule has 2 aromatic heterocycles. The molecule has 8 heteroatoms. The van der Waals surface area contributed by atoms with Gasteiger partial charge in [-0.25, -0.2) is 9.37 Å². The second-order valence-corrected chi connectivity index (χ2v) is 7.95. The SMILES string of the molecule is CCCc1csc(C(=O)c2cn(COC(=O)CCN(C)C)c3cc(F)ccc23)n1. The largest absolute Gasteiger partial charge is 0.444 e. The molecule has 0 saturated carbocycles. The van der Waals surface area contributed by atoms with E-state index in [0.29, 0.717) is 28.0 Å². The van der Waals surface area contributed by atoms with Gasteiger partial charge in [0.2, 0.25) is 5.78 Å². The number of fused-ring (bicyclic) bond motifs is 1.